The summed E-state index contributed by atoms with van der Waals surface area (Å²) in [7, 11) is 0. The predicted molar refractivity (Wildman–Crippen MR) is 137 cm³/mol. The number of nitrogens with one attached hydrogen (secondary N) is 2. The highest BCUT2D eigenvalue weighted by atomic mass is 32.2. The molecule has 0 aliphatic rings. The van der Waals surface area contributed by atoms with Crippen molar-refractivity contribution in [3.63, 3.8) is 0 Å². The van der Waals surface area contributed by atoms with E-state index in [1.807, 2.05) is 72.8 Å². The van der Waals surface area contributed by atoms with Crippen LogP contribution in [0.5, 0.6) is 0 Å². The predicted octanol–water partition coefficient (Wildman–Crippen LogP) is 5.35. The Kier molecular flexibility index (Phi) is 8.08. The molecule has 0 saturated carbocycles. The third-order valence-corrected chi connectivity index (χ3v) is 6.26. The lowest BCUT2D eigenvalue weighted by Gasteiger charge is -2.19. The monoisotopic (exact) mass is 467 g/mol. The fourth-order valence-electron chi connectivity index (χ4n) is 3.39. The van der Waals surface area contributed by atoms with Crippen molar-refractivity contribution in [1.82, 2.24) is 10.3 Å². The SMILES string of the molecule is O=C(N[C@@H](Cc1ccccc1)C(=O)Nc1ccc(SCc2ccccc2)cc1)c1ccccn1. The van der Waals surface area contributed by atoms with Gasteiger partial charge in [0.2, 0.25) is 5.91 Å². The first-order valence-electron chi connectivity index (χ1n) is 11.0. The zero-order chi connectivity index (χ0) is 23.6. The number of aromatic nitrogens is 1. The zero-order valence-corrected chi connectivity index (χ0v) is 19.4. The van der Waals surface area contributed by atoms with Gasteiger partial charge in [-0.3, -0.25) is 14.6 Å². The van der Waals surface area contributed by atoms with Crippen LogP contribution in [0.4, 0.5) is 5.69 Å². The molecule has 34 heavy (non-hydrogen) atoms. The number of nitrogens with zero attached hydrogens (tertiary/aromatic N) is 1. The van der Waals surface area contributed by atoms with Crippen molar-refractivity contribution in [2.24, 2.45) is 0 Å². The largest absolute Gasteiger partial charge is 0.339 e. The van der Waals surface area contributed by atoms with Gasteiger partial charge in [-0.1, -0.05) is 66.7 Å². The van der Waals surface area contributed by atoms with E-state index < -0.39 is 6.04 Å². The Bertz CT molecular complexity index is 1200. The molecular weight excluding hydrogens is 442 g/mol. The van der Waals surface area contributed by atoms with Crippen LogP contribution in [0.1, 0.15) is 21.6 Å². The molecule has 0 aliphatic carbocycles. The average molecular weight is 468 g/mol. The second kappa shape index (κ2) is 11.8. The lowest BCUT2D eigenvalue weighted by atomic mass is 10.0. The Morgan fingerprint density at radius 3 is 2.06 bits per heavy atom. The first-order valence-corrected chi connectivity index (χ1v) is 12.0. The Hall–Kier alpha value is -3.90. The van der Waals surface area contributed by atoms with Crippen molar-refractivity contribution < 1.29 is 9.59 Å². The zero-order valence-electron chi connectivity index (χ0n) is 18.6. The summed E-state index contributed by atoms with van der Waals surface area (Å²) in [6.07, 6.45) is 1.93. The van der Waals surface area contributed by atoms with E-state index in [1.165, 1.54) is 5.56 Å². The van der Waals surface area contributed by atoms with Crippen molar-refractivity contribution in [3.05, 3.63) is 126 Å². The van der Waals surface area contributed by atoms with Crippen LogP contribution in [0.2, 0.25) is 0 Å². The number of carbonyl (C=O) groups excluding carboxylic acids is 2. The summed E-state index contributed by atoms with van der Waals surface area (Å²) in [5, 5.41) is 5.77. The Morgan fingerprint density at radius 1 is 0.765 bits per heavy atom. The minimum Gasteiger partial charge on any atom is -0.339 e. The highest BCUT2D eigenvalue weighted by molar-refractivity contribution is 7.98. The molecule has 0 aliphatic heterocycles. The molecule has 0 spiro atoms. The molecule has 4 rings (SSSR count). The molecule has 0 saturated heterocycles. The van der Waals surface area contributed by atoms with Crippen molar-refractivity contribution in [2.75, 3.05) is 5.32 Å². The van der Waals surface area contributed by atoms with Gasteiger partial charge < -0.3 is 10.6 Å². The maximum Gasteiger partial charge on any atom is 0.270 e. The van der Waals surface area contributed by atoms with E-state index in [0.717, 1.165) is 16.2 Å². The Morgan fingerprint density at radius 2 is 1.41 bits per heavy atom. The van der Waals surface area contributed by atoms with Crippen LogP contribution in [-0.2, 0) is 17.0 Å². The van der Waals surface area contributed by atoms with E-state index >= 15 is 0 Å². The van der Waals surface area contributed by atoms with E-state index in [-0.39, 0.29) is 17.5 Å². The molecule has 0 radical (unpaired) electrons. The summed E-state index contributed by atoms with van der Waals surface area (Å²) >= 11 is 1.74. The fourth-order valence-corrected chi connectivity index (χ4v) is 4.25. The quantitative estimate of drug-likeness (QED) is 0.325. The van der Waals surface area contributed by atoms with Crippen LogP contribution < -0.4 is 10.6 Å². The number of carbonyl (C=O) groups is 2. The third-order valence-electron chi connectivity index (χ3n) is 5.17. The van der Waals surface area contributed by atoms with Gasteiger partial charge in [0.25, 0.3) is 5.91 Å². The number of hydrogen-bond donors (Lipinski definition) is 2. The van der Waals surface area contributed by atoms with Crippen LogP contribution in [0.3, 0.4) is 0 Å². The lowest BCUT2D eigenvalue weighted by Crippen LogP contribution is -2.45. The molecule has 5 nitrogen and oxygen atoms in total. The fraction of sp³-hybridized carbons (Fsp3) is 0.107. The summed E-state index contributed by atoms with van der Waals surface area (Å²) in [6, 6.07) is 32.0. The van der Waals surface area contributed by atoms with Gasteiger partial charge in [-0.25, -0.2) is 0 Å². The first-order chi connectivity index (χ1) is 16.7. The number of rotatable bonds is 9. The van der Waals surface area contributed by atoms with Gasteiger partial charge in [-0.15, -0.1) is 11.8 Å². The van der Waals surface area contributed by atoms with Gasteiger partial charge in [0.1, 0.15) is 11.7 Å². The van der Waals surface area contributed by atoms with Crippen LogP contribution in [0, 0.1) is 0 Å². The average Bonchev–Trinajstić information content (AvgIpc) is 2.89. The molecule has 2 amide bonds. The number of hydrogen-bond acceptors (Lipinski definition) is 4. The van der Waals surface area contributed by atoms with Crippen LogP contribution in [0.15, 0.2) is 114 Å². The van der Waals surface area contributed by atoms with E-state index in [1.54, 1.807) is 36.2 Å². The van der Waals surface area contributed by atoms with Crippen LogP contribution >= 0.6 is 11.8 Å². The van der Waals surface area contributed by atoms with Gasteiger partial charge in [-0.2, -0.15) is 0 Å². The second-order valence-electron chi connectivity index (χ2n) is 7.72. The van der Waals surface area contributed by atoms with E-state index in [4.69, 9.17) is 0 Å². The molecule has 1 heterocycles. The summed E-state index contributed by atoms with van der Waals surface area (Å²) in [4.78, 5) is 31.0. The second-order valence-corrected chi connectivity index (χ2v) is 8.77. The van der Waals surface area contributed by atoms with E-state index in [2.05, 4.69) is 27.8 Å². The number of benzene rings is 3. The molecule has 2 N–H and O–H groups in total. The number of thioether (sulfide) groups is 1. The molecule has 0 unspecified atom stereocenters. The van der Waals surface area contributed by atoms with Crippen LogP contribution in [-0.4, -0.2) is 22.8 Å². The minimum absolute atomic E-state index is 0.271. The smallest absolute Gasteiger partial charge is 0.270 e. The Labute approximate surface area is 203 Å². The summed E-state index contributed by atoms with van der Waals surface area (Å²) in [5.74, 6) is 0.216. The molecule has 0 fully saturated rings. The van der Waals surface area contributed by atoms with E-state index in [0.29, 0.717) is 12.1 Å². The van der Waals surface area contributed by atoms with Gasteiger partial charge >= 0.3 is 0 Å². The third kappa shape index (κ3) is 6.80. The van der Waals surface area contributed by atoms with Gasteiger partial charge in [0, 0.05) is 29.0 Å². The molecular formula is C28H25N3O2S. The maximum atomic E-state index is 13.1. The minimum atomic E-state index is -0.746. The Balaban J connectivity index is 1.41. The summed E-state index contributed by atoms with van der Waals surface area (Å²) in [5.41, 5.74) is 3.17. The lowest BCUT2D eigenvalue weighted by molar-refractivity contribution is -0.118. The number of amides is 2. The topological polar surface area (TPSA) is 71.1 Å². The van der Waals surface area contributed by atoms with Gasteiger partial charge in [0.05, 0.1) is 0 Å². The number of pyridine rings is 1. The normalized spacial score (nSPS) is 11.4. The van der Waals surface area contributed by atoms with Crippen molar-refractivity contribution in [1.29, 1.82) is 0 Å². The van der Waals surface area contributed by atoms with Crippen molar-refractivity contribution in [2.45, 2.75) is 23.1 Å². The maximum absolute atomic E-state index is 13.1. The molecule has 3 aromatic carbocycles. The first kappa shape index (κ1) is 23.3. The van der Waals surface area contributed by atoms with Crippen LogP contribution in [0.25, 0.3) is 0 Å². The highest BCUT2D eigenvalue weighted by Gasteiger charge is 2.22. The molecule has 1 atom stereocenters. The van der Waals surface area contributed by atoms with E-state index in [9.17, 15) is 9.59 Å². The van der Waals surface area contributed by atoms with Gasteiger partial charge in [-0.05, 0) is 47.5 Å². The molecule has 0 bridgehead atoms. The summed E-state index contributed by atoms with van der Waals surface area (Å²) in [6.45, 7) is 0. The molecule has 4 aromatic rings. The van der Waals surface area contributed by atoms with Crippen molar-refractivity contribution >= 4 is 29.3 Å². The standard InChI is InChI=1S/C28H25N3O2S/c32-27(25-13-7-8-18-29-25)31-26(19-21-9-3-1-4-10-21)28(33)30-23-14-16-24(17-15-23)34-20-22-11-5-2-6-12-22/h1-18,26H,19-20H2,(H,30,33)(H,31,32)/t26-/m0/s1. The molecule has 170 valence electrons. The molecule has 1 aromatic heterocycles. The highest BCUT2D eigenvalue weighted by Crippen LogP contribution is 2.24. The summed E-state index contributed by atoms with van der Waals surface area (Å²) < 4.78 is 0. The van der Waals surface area contributed by atoms with Gasteiger partial charge in [0.15, 0.2) is 0 Å². The molecule has 6 heteroatoms. The van der Waals surface area contributed by atoms with Crippen molar-refractivity contribution in [3.8, 4) is 0 Å². The number of anilines is 1.